The Morgan fingerprint density at radius 2 is 1.72 bits per heavy atom. The number of fused-ring (bicyclic) bond motifs is 1. The quantitative estimate of drug-likeness (QED) is 0.553. The number of hydrogen-bond donors (Lipinski definition) is 2. The molecule has 32 heavy (non-hydrogen) atoms. The predicted molar refractivity (Wildman–Crippen MR) is 119 cm³/mol. The predicted octanol–water partition coefficient (Wildman–Crippen LogP) is 3.47. The van der Waals surface area contributed by atoms with E-state index in [1.54, 1.807) is 18.2 Å². The fraction of sp³-hybridized carbons (Fsp3) is 0.174. The number of primary amides is 1. The van der Waals surface area contributed by atoms with E-state index in [0.717, 1.165) is 10.4 Å². The van der Waals surface area contributed by atoms with Crippen LogP contribution in [-0.4, -0.2) is 37.1 Å². The molecule has 164 valence electrons. The van der Waals surface area contributed by atoms with E-state index in [0.29, 0.717) is 40.8 Å². The van der Waals surface area contributed by atoms with Crippen LogP contribution in [0.5, 0.6) is 11.5 Å². The van der Waals surface area contributed by atoms with Gasteiger partial charge in [0.1, 0.15) is 18.1 Å². The van der Waals surface area contributed by atoms with Crippen molar-refractivity contribution < 1.29 is 28.6 Å². The number of hydrogen-bond acceptors (Lipinski definition) is 7. The number of nitrogens with two attached hydrogens (primary N) is 1. The first-order valence-corrected chi connectivity index (χ1v) is 10.6. The maximum atomic E-state index is 12.5. The summed E-state index contributed by atoms with van der Waals surface area (Å²) < 4.78 is 16.4. The fourth-order valence-electron chi connectivity index (χ4n) is 3.03. The Kier molecular flexibility index (Phi) is 6.09. The average molecular weight is 452 g/mol. The lowest BCUT2D eigenvalue weighted by Gasteiger charge is -2.18. The topological polar surface area (TPSA) is 117 Å². The van der Waals surface area contributed by atoms with Gasteiger partial charge < -0.3 is 25.3 Å². The standard InChI is InChI=1S/C23H20N2O6S/c1-13(22(27)25-16-5-2-14(3-6-16)21(24)26)31-23(28)20-9-8-19(32-20)15-4-7-17-18(12-15)30-11-10-29-17/h2-9,12-13H,10-11H2,1H3,(H2,24,26)(H,25,27). The summed E-state index contributed by atoms with van der Waals surface area (Å²) >= 11 is 1.26. The van der Waals surface area contributed by atoms with Crippen LogP contribution in [0.4, 0.5) is 5.69 Å². The van der Waals surface area contributed by atoms with Gasteiger partial charge in [-0.25, -0.2) is 4.79 Å². The van der Waals surface area contributed by atoms with E-state index >= 15 is 0 Å². The highest BCUT2D eigenvalue weighted by Crippen LogP contribution is 2.37. The van der Waals surface area contributed by atoms with Gasteiger partial charge in [0, 0.05) is 16.1 Å². The minimum Gasteiger partial charge on any atom is -0.486 e. The number of carbonyl (C=O) groups excluding carboxylic acids is 3. The molecule has 1 aromatic heterocycles. The first-order valence-electron chi connectivity index (χ1n) is 9.82. The molecular formula is C23H20N2O6S. The van der Waals surface area contributed by atoms with Crippen molar-refractivity contribution in [3.05, 3.63) is 65.0 Å². The molecule has 2 heterocycles. The lowest BCUT2D eigenvalue weighted by molar-refractivity contribution is -0.123. The van der Waals surface area contributed by atoms with Crippen LogP contribution in [0.25, 0.3) is 10.4 Å². The van der Waals surface area contributed by atoms with Crippen LogP contribution in [0.2, 0.25) is 0 Å². The molecule has 8 nitrogen and oxygen atoms in total. The van der Waals surface area contributed by atoms with E-state index in [1.165, 1.54) is 30.4 Å². The second-order valence-corrected chi connectivity index (χ2v) is 8.08. The maximum absolute atomic E-state index is 12.5. The number of anilines is 1. The van der Waals surface area contributed by atoms with E-state index < -0.39 is 23.9 Å². The highest BCUT2D eigenvalue weighted by Gasteiger charge is 2.21. The van der Waals surface area contributed by atoms with Crippen LogP contribution in [0.15, 0.2) is 54.6 Å². The summed E-state index contributed by atoms with van der Waals surface area (Å²) in [5.41, 5.74) is 6.88. The van der Waals surface area contributed by atoms with Crippen LogP contribution in [0.3, 0.4) is 0 Å². The molecule has 0 saturated heterocycles. The molecule has 4 rings (SSSR count). The molecule has 1 aliphatic rings. The maximum Gasteiger partial charge on any atom is 0.349 e. The van der Waals surface area contributed by atoms with Crippen LogP contribution in [0.1, 0.15) is 27.0 Å². The summed E-state index contributed by atoms with van der Waals surface area (Å²) in [6.07, 6.45) is -1.02. The summed E-state index contributed by atoms with van der Waals surface area (Å²) in [5, 5.41) is 2.63. The van der Waals surface area contributed by atoms with Crippen molar-refractivity contribution in [1.82, 2.24) is 0 Å². The van der Waals surface area contributed by atoms with Crippen molar-refractivity contribution in [3.63, 3.8) is 0 Å². The minimum absolute atomic E-state index is 0.328. The molecule has 1 aliphatic heterocycles. The Hall–Kier alpha value is -3.85. The van der Waals surface area contributed by atoms with Crippen molar-refractivity contribution in [2.75, 3.05) is 18.5 Å². The van der Waals surface area contributed by atoms with Gasteiger partial charge in [-0.2, -0.15) is 0 Å². The van der Waals surface area contributed by atoms with Gasteiger partial charge in [0.25, 0.3) is 5.91 Å². The van der Waals surface area contributed by atoms with Crippen LogP contribution in [0, 0.1) is 0 Å². The molecule has 0 spiro atoms. The van der Waals surface area contributed by atoms with E-state index in [9.17, 15) is 14.4 Å². The van der Waals surface area contributed by atoms with Crippen LogP contribution < -0.4 is 20.5 Å². The largest absolute Gasteiger partial charge is 0.486 e. The van der Waals surface area contributed by atoms with Gasteiger partial charge in [-0.05, 0) is 67.1 Å². The Bertz CT molecular complexity index is 1170. The monoisotopic (exact) mass is 452 g/mol. The summed E-state index contributed by atoms with van der Waals surface area (Å²) in [6, 6.07) is 15.2. The van der Waals surface area contributed by atoms with Crippen molar-refractivity contribution >= 4 is 34.8 Å². The Morgan fingerprint density at radius 3 is 2.44 bits per heavy atom. The lowest BCUT2D eigenvalue weighted by atomic mass is 10.1. The van der Waals surface area contributed by atoms with Gasteiger partial charge in [-0.1, -0.05) is 0 Å². The third kappa shape index (κ3) is 4.73. The molecular weight excluding hydrogens is 432 g/mol. The van der Waals surface area contributed by atoms with E-state index in [2.05, 4.69) is 5.32 Å². The SMILES string of the molecule is CC(OC(=O)c1ccc(-c2ccc3c(c2)OCCO3)s1)C(=O)Nc1ccc(C(N)=O)cc1. The Labute approximate surface area is 187 Å². The number of rotatable bonds is 6. The zero-order chi connectivity index (χ0) is 22.7. The van der Waals surface area contributed by atoms with Gasteiger partial charge in [0.2, 0.25) is 5.91 Å². The summed E-state index contributed by atoms with van der Waals surface area (Å²) in [6.45, 7) is 2.50. The molecule has 0 fully saturated rings. The van der Waals surface area contributed by atoms with Crippen molar-refractivity contribution in [2.24, 2.45) is 5.73 Å². The van der Waals surface area contributed by atoms with Crippen LogP contribution >= 0.6 is 11.3 Å². The first kappa shape index (κ1) is 21.4. The second kappa shape index (κ2) is 9.11. The van der Waals surface area contributed by atoms with E-state index in [1.807, 2.05) is 24.3 Å². The van der Waals surface area contributed by atoms with Gasteiger partial charge in [0.05, 0.1) is 0 Å². The number of ether oxygens (including phenoxy) is 3. The van der Waals surface area contributed by atoms with Gasteiger partial charge in [-0.15, -0.1) is 11.3 Å². The Balaban J connectivity index is 1.38. The average Bonchev–Trinajstić information content (AvgIpc) is 3.29. The highest BCUT2D eigenvalue weighted by molar-refractivity contribution is 7.17. The van der Waals surface area contributed by atoms with Gasteiger partial charge in [-0.3, -0.25) is 9.59 Å². The van der Waals surface area contributed by atoms with Crippen molar-refractivity contribution in [2.45, 2.75) is 13.0 Å². The molecule has 3 aromatic rings. The van der Waals surface area contributed by atoms with Gasteiger partial charge >= 0.3 is 5.97 Å². The van der Waals surface area contributed by atoms with Crippen molar-refractivity contribution in [1.29, 1.82) is 0 Å². The van der Waals surface area contributed by atoms with Crippen molar-refractivity contribution in [3.8, 4) is 21.9 Å². The normalized spacial score (nSPS) is 13.2. The number of carbonyl (C=O) groups is 3. The molecule has 1 unspecified atom stereocenters. The first-order chi connectivity index (χ1) is 15.4. The third-order valence-electron chi connectivity index (χ3n) is 4.72. The summed E-state index contributed by atoms with van der Waals surface area (Å²) in [7, 11) is 0. The number of amides is 2. The minimum atomic E-state index is -1.02. The Morgan fingerprint density at radius 1 is 1.00 bits per heavy atom. The van der Waals surface area contributed by atoms with E-state index in [4.69, 9.17) is 19.9 Å². The molecule has 2 aromatic carbocycles. The highest BCUT2D eigenvalue weighted by atomic mass is 32.1. The molecule has 0 bridgehead atoms. The number of benzene rings is 2. The smallest absolute Gasteiger partial charge is 0.349 e. The van der Waals surface area contributed by atoms with Crippen LogP contribution in [-0.2, 0) is 9.53 Å². The number of esters is 1. The number of nitrogens with one attached hydrogen (secondary N) is 1. The second-order valence-electron chi connectivity index (χ2n) is 7.00. The molecule has 0 aliphatic carbocycles. The third-order valence-corrected chi connectivity index (χ3v) is 5.84. The lowest BCUT2D eigenvalue weighted by Crippen LogP contribution is -2.29. The fourth-order valence-corrected chi connectivity index (χ4v) is 3.92. The zero-order valence-corrected chi connectivity index (χ0v) is 17.9. The molecule has 9 heteroatoms. The summed E-state index contributed by atoms with van der Waals surface area (Å²) in [5.74, 6) is -0.281. The number of thiophene rings is 1. The molecule has 3 N–H and O–H groups in total. The van der Waals surface area contributed by atoms with E-state index in [-0.39, 0.29) is 0 Å². The molecule has 1 atom stereocenters. The summed E-state index contributed by atoms with van der Waals surface area (Å²) in [4.78, 5) is 37.2. The molecule has 0 radical (unpaired) electrons. The molecule has 0 saturated carbocycles. The molecule has 2 amide bonds. The zero-order valence-electron chi connectivity index (χ0n) is 17.1. The van der Waals surface area contributed by atoms with Gasteiger partial charge in [0.15, 0.2) is 17.6 Å².